The summed E-state index contributed by atoms with van der Waals surface area (Å²) in [6.45, 7) is 2.22. The molecular formula is C9H16N2O2. The smallest absolute Gasteiger partial charge is 0.221 e. The van der Waals surface area contributed by atoms with Crippen LogP contribution in [0.4, 0.5) is 0 Å². The van der Waals surface area contributed by atoms with E-state index in [9.17, 15) is 4.79 Å². The lowest BCUT2D eigenvalue weighted by molar-refractivity contribution is -0.121. The van der Waals surface area contributed by atoms with Crippen molar-refractivity contribution in [2.24, 2.45) is 0 Å². The van der Waals surface area contributed by atoms with Crippen LogP contribution in [0.3, 0.4) is 0 Å². The normalized spacial score (nSPS) is 9.23. The van der Waals surface area contributed by atoms with Gasteiger partial charge in [-0.15, -0.1) is 6.42 Å². The van der Waals surface area contributed by atoms with Crippen LogP contribution in [0.5, 0.6) is 0 Å². The average Bonchev–Trinajstić information content (AvgIpc) is 2.13. The second-order valence-electron chi connectivity index (χ2n) is 2.47. The summed E-state index contributed by atoms with van der Waals surface area (Å²) in [7, 11) is 1.60. The Hall–Kier alpha value is -1.05. The summed E-state index contributed by atoms with van der Waals surface area (Å²) < 4.78 is 4.78. The Bertz CT molecular complexity index is 175. The van der Waals surface area contributed by atoms with Gasteiger partial charge in [0.15, 0.2) is 0 Å². The van der Waals surface area contributed by atoms with E-state index >= 15 is 0 Å². The molecule has 74 valence electrons. The quantitative estimate of drug-likeness (QED) is 0.409. The van der Waals surface area contributed by atoms with Crippen LogP contribution in [0.2, 0.25) is 0 Å². The standard InChI is InChI=1S/C9H16N2O2/c1-3-5-10-6-4-9(12)11-7-8-13-2/h1,10H,4-8H2,2H3,(H,11,12). The first-order valence-electron chi connectivity index (χ1n) is 4.21. The molecule has 0 rings (SSSR count). The van der Waals surface area contributed by atoms with E-state index < -0.39 is 0 Å². The third-order valence-electron chi connectivity index (χ3n) is 1.38. The van der Waals surface area contributed by atoms with E-state index in [4.69, 9.17) is 11.2 Å². The lowest BCUT2D eigenvalue weighted by Crippen LogP contribution is -2.30. The van der Waals surface area contributed by atoms with Gasteiger partial charge in [0.1, 0.15) is 0 Å². The highest BCUT2D eigenvalue weighted by atomic mass is 16.5. The summed E-state index contributed by atoms with van der Waals surface area (Å²) in [5.41, 5.74) is 0. The van der Waals surface area contributed by atoms with Gasteiger partial charge < -0.3 is 15.4 Å². The summed E-state index contributed by atoms with van der Waals surface area (Å²) in [4.78, 5) is 11.0. The zero-order valence-electron chi connectivity index (χ0n) is 7.93. The second-order valence-corrected chi connectivity index (χ2v) is 2.47. The maximum atomic E-state index is 11.0. The molecule has 0 radical (unpaired) electrons. The number of ether oxygens (including phenoxy) is 1. The van der Waals surface area contributed by atoms with Crippen molar-refractivity contribution in [1.29, 1.82) is 0 Å². The second kappa shape index (κ2) is 9.04. The Kier molecular flexibility index (Phi) is 8.31. The maximum absolute atomic E-state index is 11.0. The summed E-state index contributed by atoms with van der Waals surface area (Å²) >= 11 is 0. The fourth-order valence-electron chi connectivity index (χ4n) is 0.743. The van der Waals surface area contributed by atoms with Gasteiger partial charge in [-0.05, 0) is 0 Å². The van der Waals surface area contributed by atoms with E-state index in [2.05, 4.69) is 16.6 Å². The highest BCUT2D eigenvalue weighted by Crippen LogP contribution is 1.76. The zero-order valence-corrected chi connectivity index (χ0v) is 7.93. The molecular weight excluding hydrogens is 168 g/mol. The van der Waals surface area contributed by atoms with Crippen molar-refractivity contribution in [2.45, 2.75) is 6.42 Å². The molecule has 2 N–H and O–H groups in total. The van der Waals surface area contributed by atoms with Crippen molar-refractivity contribution in [1.82, 2.24) is 10.6 Å². The molecule has 0 aliphatic heterocycles. The Labute approximate surface area is 79.0 Å². The van der Waals surface area contributed by atoms with Crippen LogP contribution >= 0.6 is 0 Å². The molecule has 1 amide bonds. The van der Waals surface area contributed by atoms with Gasteiger partial charge >= 0.3 is 0 Å². The minimum atomic E-state index is 0.0153. The van der Waals surface area contributed by atoms with Gasteiger partial charge in [-0.3, -0.25) is 4.79 Å². The van der Waals surface area contributed by atoms with Crippen molar-refractivity contribution >= 4 is 5.91 Å². The fraction of sp³-hybridized carbons (Fsp3) is 0.667. The van der Waals surface area contributed by atoms with Crippen LogP contribution < -0.4 is 10.6 Å². The van der Waals surface area contributed by atoms with Crippen LogP contribution in [0.25, 0.3) is 0 Å². The van der Waals surface area contributed by atoms with Gasteiger partial charge in [0.2, 0.25) is 5.91 Å². The first-order valence-corrected chi connectivity index (χ1v) is 4.21. The summed E-state index contributed by atoms with van der Waals surface area (Å²) in [5.74, 6) is 2.45. The minimum absolute atomic E-state index is 0.0153. The number of methoxy groups -OCH3 is 1. The number of rotatable bonds is 7. The van der Waals surface area contributed by atoms with Gasteiger partial charge in [0, 0.05) is 26.6 Å². The Morgan fingerprint density at radius 1 is 1.54 bits per heavy atom. The number of terminal acetylenes is 1. The lowest BCUT2D eigenvalue weighted by atomic mass is 10.4. The van der Waals surface area contributed by atoms with Crippen LogP contribution in [0.15, 0.2) is 0 Å². The third-order valence-corrected chi connectivity index (χ3v) is 1.38. The maximum Gasteiger partial charge on any atom is 0.221 e. The van der Waals surface area contributed by atoms with E-state index in [-0.39, 0.29) is 5.91 Å². The SMILES string of the molecule is C#CCNCCC(=O)NCCOC. The highest BCUT2D eigenvalue weighted by molar-refractivity contribution is 5.75. The molecule has 0 heterocycles. The minimum Gasteiger partial charge on any atom is -0.383 e. The Morgan fingerprint density at radius 2 is 2.31 bits per heavy atom. The van der Waals surface area contributed by atoms with Crippen molar-refractivity contribution in [3.63, 3.8) is 0 Å². The zero-order chi connectivity index (χ0) is 9.94. The number of hydrogen-bond donors (Lipinski definition) is 2. The average molecular weight is 184 g/mol. The van der Waals surface area contributed by atoms with Gasteiger partial charge in [-0.2, -0.15) is 0 Å². The van der Waals surface area contributed by atoms with E-state index in [1.807, 2.05) is 0 Å². The number of carbonyl (C=O) groups excluding carboxylic acids is 1. The number of carbonyl (C=O) groups is 1. The summed E-state index contributed by atoms with van der Waals surface area (Å²) in [6.07, 6.45) is 5.46. The molecule has 0 saturated carbocycles. The first kappa shape index (κ1) is 11.9. The molecule has 0 spiro atoms. The molecule has 0 saturated heterocycles. The van der Waals surface area contributed by atoms with Crippen LogP contribution in [-0.4, -0.2) is 39.3 Å². The molecule has 4 nitrogen and oxygen atoms in total. The monoisotopic (exact) mass is 184 g/mol. The van der Waals surface area contributed by atoms with Gasteiger partial charge in [0.05, 0.1) is 13.2 Å². The number of nitrogens with one attached hydrogen (secondary N) is 2. The van der Waals surface area contributed by atoms with E-state index in [1.54, 1.807) is 7.11 Å². The predicted molar refractivity (Wildman–Crippen MR) is 51.2 cm³/mol. The van der Waals surface area contributed by atoms with Gasteiger partial charge in [-0.25, -0.2) is 0 Å². The molecule has 4 heteroatoms. The van der Waals surface area contributed by atoms with Gasteiger partial charge in [0.25, 0.3) is 0 Å². The fourth-order valence-corrected chi connectivity index (χ4v) is 0.743. The van der Waals surface area contributed by atoms with Crippen LogP contribution in [-0.2, 0) is 9.53 Å². The third kappa shape index (κ3) is 8.86. The predicted octanol–water partition coefficient (Wildman–Crippen LogP) is -0.638. The van der Waals surface area contributed by atoms with Crippen molar-refractivity contribution < 1.29 is 9.53 Å². The number of amides is 1. The molecule has 0 aromatic heterocycles. The molecule has 0 aliphatic carbocycles. The van der Waals surface area contributed by atoms with Crippen LogP contribution in [0.1, 0.15) is 6.42 Å². The Balaban J connectivity index is 3.16. The molecule has 0 aliphatic rings. The van der Waals surface area contributed by atoms with E-state index in [1.165, 1.54) is 0 Å². The molecule has 0 bridgehead atoms. The molecule has 0 aromatic rings. The topological polar surface area (TPSA) is 50.4 Å². The van der Waals surface area contributed by atoms with E-state index in [0.29, 0.717) is 32.7 Å². The molecule has 0 atom stereocenters. The van der Waals surface area contributed by atoms with E-state index in [0.717, 1.165) is 0 Å². The first-order chi connectivity index (χ1) is 6.31. The summed E-state index contributed by atoms with van der Waals surface area (Å²) in [6, 6.07) is 0. The largest absolute Gasteiger partial charge is 0.383 e. The molecule has 0 fully saturated rings. The number of hydrogen-bond acceptors (Lipinski definition) is 3. The molecule has 0 unspecified atom stereocenters. The van der Waals surface area contributed by atoms with Crippen molar-refractivity contribution in [2.75, 3.05) is 33.4 Å². The lowest BCUT2D eigenvalue weighted by Gasteiger charge is -2.03. The highest BCUT2D eigenvalue weighted by Gasteiger charge is 1.98. The van der Waals surface area contributed by atoms with Crippen molar-refractivity contribution in [3.05, 3.63) is 0 Å². The summed E-state index contributed by atoms with van der Waals surface area (Å²) in [5, 5.41) is 5.63. The van der Waals surface area contributed by atoms with Gasteiger partial charge in [-0.1, -0.05) is 5.92 Å². The Morgan fingerprint density at radius 3 is 2.92 bits per heavy atom. The molecule has 0 aromatic carbocycles. The van der Waals surface area contributed by atoms with Crippen molar-refractivity contribution in [3.8, 4) is 12.3 Å². The molecule has 13 heavy (non-hydrogen) atoms. The van der Waals surface area contributed by atoms with Crippen LogP contribution in [0, 0.1) is 12.3 Å².